The van der Waals surface area contributed by atoms with E-state index in [1.165, 1.54) is 46.8 Å². The molecule has 0 bridgehead atoms. The highest BCUT2D eigenvalue weighted by Crippen LogP contribution is 2.25. The Labute approximate surface area is 325 Å². The molecule has 0 radical (unpaired) electrons. The lowest BCUT2D eigenvalue weighted by atomic mass is 9.92. The number of aliphatic hydroxyl groups is 1. The van der Waals surface area contributed by atoms with Crippen molar-refractivity contribution in [3.05, 3.63) is 84.5 Å². The fourth-order valence-electron chi connectivity index (χ4n) is 3.79. The van der Waals surface area contributed by atoms with E-state index in [1.54, 1.807) is 13.0 Å². The van der Waals surface area contributed by atoms with Crippen molar-refractivity contribution < 1.29 is 71.8 Å². The SMILES string of the molecule is C=C(C)C(=O)OCC(CO)(COC(=O)Nc1cc(NC(=O)OCC(COC(=O)C(=C)C)(COC(=O)C(=C)C)COC(=O)C(=C)C)ccc1C)COC(=O)C(=C)C. The molecule has 1 aromatic rings. The fourth-order valence-corrected chi connectivity index (χ4v) is 3.79. The summed E-state index contributed by atoms with van der Waals surface area (Å²) in [6.07, 6.45) is -2.07. The number of hydrogen-bond acceptors (Lipinski definition) is 15. The van der Waals surface area contributed by atoms with Crippen molar-refractivity contribution in [1.82, 2.24) is 0 Å². The molecule has 0 heterocycles. The Bertz CT molecular complexity index is 1640. The third-order valence-corrected chi connectivity index (χ3v) is 7.36. The van der Waals surface area contributed by atoms with Crippen LogP contribution in [0.1, 0.15) is 40.2 Å². The molecule has 0 saturated heterocycles. The zero-order valence-corrected chi connectivity index (χ0v) is 32.6. The van der Waals surface area contributed by atoms with Gasteiger partial charge in [-0.15, -0.1) is 0 Å². The first-order chi connectivity index (χ1) is 26.1. The van der Waals surface area contributed by atoms with Gasteiger partial charge in [0.05, 0.1) is 12.0 Å². The summed E-state index contributed by atoms with van der Waals surface area (Å²) in [6.45, 7) is 21.7. The molecule has 0 spiro atoms. The maximum Gasteiger partial charge on any atom is 0.411 e. The minimum absolute atomic E-state index is 0.0454. The Morgan fingerprint density at radius 3 is 1.16 bits per heavy atom. The summed E-state index contributed by atoms with van der Waals surface area (Å²) < 4.78 is 37.0. The highest BCUT2D eigenvalue weighted by molar-refractivity contribution is 5.91. The number of hydrogen-bond donors (Lipinski definition) is 3. The van der Waals surface area contributed by atoms with E-state index in [0.29, 0.717) is 5.56 Å². The van der Waals surface area contributed by atoms with Crippen molar-refractivity contribution in [2.24, 2.45) is 10.8 Å². The summed E-state index contributed by atoms with van der Waals surface area (Å²) >= 11 is 0. The lowest BCUT2D eigenvalue weighted by Gasteiger charge is -2.31. The lowest BCUT2D eigenvalue weighted by Crippen LogP contribution is -2.44. The Balaban J connectivity index is 3.20. The minimum atomic E-state index is -1.60. The van der Waals surface area contributed by atoms with Gasteiger partial charge in [-0.3, -0.25) is 10.6 Å². The van der Waals surface area contributed by atoms with Crippen molar-refractivity contribution in [3.8, 4) is 0 Å². The minimum Gasteiger partial charge on any atom is -0.461 e. The summed E-state index contributed by atoms with van der Waals surface area (Å²) in [5.74, 6) is -4.01. The molecule has 1 rings (SSSR count). The molecule has 306 valence electrons. The Morgan fingerprint density at radius 2 is 0.821 bits per heavy atom. The second kappa shape index (κ2) is 22.2. The van der Waals surface area contributed by atoms with E-state index in [-0.39, 0.29) is 39.2 Å². The van der Waals surface area contributed by atoms with Crippen LogP contribution in [0.2, 0.25) is 0 Å². The molecule has 2 amide bonds. The van der Waals surface area contributed by atoms with Crippen LogP contribution in [0.3, 0.4) is 0 Å². The molecule has 0 fully saturated rings. The quantitative estimate of drug-likeness (QED) is 0.0825. The highest BCUT2D eigenvalue weighted by atomic mass is 16.6. The Morgan fingerprint density at radius 1 is 0.518 bits per heavy atom. The zero-order valence-electron chi connectivity index (χ0n) is 32.6. The number of ether oxygens (including phenoxy) is 7. The van der Waals surface area contributed by atoms with E-state index < -0.39 is 106 Å². The molecule has 1 aromatic carbocycles. The number of aryl methyl sites for hydroxylation is 1. The van der Waals surface area contributed by atoms with Gasteiger partial charge in [-0.05, 0) is 59.2 Å². The summed E-state index contributed by atoms with van der Waals surface area (Å²) in [5.41, 5.74) is -2.06. The van der Waals surface area contributed by atoms with E-state index in [9.17, 15) is 38.7 Å². The van der Waals surface area contributed by atoms with Crippen LogP contribution in [0.5, 0.6) is 0 Å². The standard InChI is InChI=1S/C39H50N2O15/c1-23(2)31(43)50-16-38(15-42,17-51-32(44)24(3)4)18-55-37(49)41-30-14-29(13-12-28(30)11)40-36(48)56-22-39(19-52-33(45)25(5)6,20-53-34(46)26(7)8)21-54-35(47)27(9)10/h12-14,42H,1,3,5,7,9,15-22H2,2,4,6,8,10-11H3,(H,40,48)(H,41,49). The van der Waals surface area contributed by atoms with Crippen LogP contribution in [-0.2, 0) is 57.1 Å². The van der Waals surface area contributed by atoms with Crippen LogP contribution in [0.25, 0.3) is 0 Å². The first-order valence-electron chi connectivity index (χ1n) is 16.8. The van der Waals surface area contributed by atoms with Crippen LogP contribution in [0.4, 0.5) is 21.0 Å². The average molecular weight is 787 g/mol. The van der Waals surface area contributed by atoms with Crippen LogP contribution >= 0.6 is 0 Å². The molecule has 0 saturated carbocycles. The molecule has 3 N–H and O–H groups in total. The molecule has 0 aliphatic rings. The first-order valence-corrected chi connectivity index (χ1v) is 16.8. The molecule has 0 unspecified atom stereocenters. The van der Waals surface area contributed by atoms with Gasteiger partial charge in [0, 0.05) is 39.2 Å². The van der Waals surface area contributed by atoms with Crippen LogP contribution in [0, 0.1) is 17.8 Å². The molecule has 17 nitrogen and oxygen atoms in total. The van der Waals surface area contributed by atoms with Crippen molar-refractivity contribution in [2.75, 3.05) is 63.5 Å². The third-order valence-electron chi connectivity index (χ3n) is 7.36. The number of amides is 2. The average Bonchev–Trinajstić information content (AvgIpc) is 3.14. The summed E-state index contributed by atoms with van der Waals surface area (Å²) in [6, 6.07) is 4.40. The smallest absolute Gasteiger partial charge is 0.411 e. The van der Waals surface area contributed by atoms with E-state index in [1.807, 2.05) is 0 Å². The second-order valence-electron chi connectivity index (χ2n) is 13.4. The highest BCUT2D eigenvalue weighted by Gasteiger charge is 2.39. The van der Waals surface area contributed by atoms with Gasteiger partial charge in [0.2, 0.25) is 0 Å². The van der Waals surface area contributed by atoms with Crippen LogP contribution in [0.15, 0.2) is 79.0 Å². The van der Waals surface area contributed by atoms with E-state index in [2.05, 4.69) is 43.5 Å². The van der Waals surface area contributed by atoms with Crippen molar-refractivity contribution in [3.63, 3.8) is 0 Å². The molecular formula is C39H50N2O15. The number of benzene rings is 1. The molecule has 56 heavy (non-hydrogen) atoms. The monoisotopic (exact) mass is 786 g/mol. The van der Waals surface area contributed by atoms with Gasteiger partial charge >= 0.3 is 42.0 Å². The van der Waals surface area contributed by atoms with Gasteiger partial charge in [0.25, 0.3) is 0 Å². The maximum atomic E-state index is 13.0. The fraction of sp³-hybridized carbons (Fsp3) is 0.410. The van der Waals surface area contributed by atoms with E-state index in [0.717, 1.165) is 0 Å². The molecule has 0 aliphatic heterocycles. The normalized spacial score (nSPS) is 10.8. The predicted octanol–water partition coefficient (Wildman–Crippen LogP) is 4.65. The number of esters is 5. The maximum absolute atomic E-state index is 13.0. The molecule has 17 heteroatoms. The molecule has 0 aliphatic carbocycles. The number of rotatable bonds is 22. The van der Waals surface area contributed by atoms with Crippen molar-refractivity contribution in [1.29, 1.82) is 0 Å². The van der Waals surface area contributed by atoms with Crippen LogP contribution < -0.4 is 10.6 Å². The summed E-state index contributed by atoms with van der Waals surface area (Å²) in [7, 11) is 0. The van der Waals surface area contributed by atoms with Gasteiger partial charge in [-0.2, -0.15) is 0 Å². The molecule has 0 atom stereocenters. The Kier molecular flexibility index (Phi) is 19.0. The summed E-state index contributed by atoms with van der Waals surface area (Å²) in [4.78, 5) is 86.9. The summed E-state index contributed by atoms with van der Waals surface area (Å²) in [5, 5.41) is 15.2. The second-order valence-corrected chi connectivity index (χ2v) is 13.4. The molecular weight excluding hydrogens is 736 g/mol. The van der Waals surface area contributed by atoms with E-state index in [4.69, 9.17) is 33.2 Å². The topological polar surface area (TPSA) is 228 Å². The Hall–Kier alpha value is -6.23. The first kappa shape index (κ1) is 47.8. The van der Waals surface area contributed by atoms with E-state index >= 15 is 0 Å². The number of carbonyl (C=O) groups excluding carboxylic acids is 7. The third kappa shape index (κ3) is 16.4. The lowest BCUT2D eigenvalue weighted by molar-refractivity contribution is -0.160. The number of anilines is 2. The van der Waals surface area contributed by atoms with Gasteiger partial charge < -0.3 is 38.3 Å². The van der Waals surface area contributed by atoms with Gasteiger partial charge in [-0.25, -0.2) is 33.6 Å². The van der Waals surface area contributed by atoms with Crippen molar-refractivity contribution >= 4 is 53.4 Å². The van der Waals surface area contributed by atoms with Gasteiger partial charge in [0.1, 0.15) is 51.7 Å². The molecule has 0 aromatic heterocycles. The largest absolute Gasteiger partial charge is 0.461 e. The van der Waals surface area contributed by atoms with Gasteiger partial charge in [0.15, 0.2) is 0 Å². The number of aliphatic hydroxyl groups excluding tert-OH is 1. The van der Waals surface area contributed by atoms with Gasteiger partial charge in [-0.1, -0.05) is 39.0 Å². The number of carbonyl (C=O) groups is 7. The van der Waals surface area contributed by atoms with Crippen LogP contribution in [-0.4, -0.2) is 100.0 Å². The predicted molar refractivity (Wildman–Crippen MR) is 202 cm³/mol. The van der Waals surface area contributed by atoms with Crippen molar-refractivity contribution in [2.45, 2.75) is 41.5 Å². The zero-order chi connectivity index (χ0) is 42.8. The number of nitrogens with one attached hydrogen (secondary N) is 2.